The van der Waals surface area contributed by atoms with Crippen molar-refractivity contribution in [1.29, 1.82) is 0 Å². The van der Waals surface area contributed by atoms with Gasteiger partial charge in [0.2, 0.25) is 5.89 Å². The summed E-state index contributed by atoms with van der Waals surface area (Å²) in [5.41, 5.74) is 12.4. The van der Waals surface area contributed by atoms with E-state index < -0.39 is 0 Å². The number of hydrogen-bond acceptors (Lipinski definition) is 5. The molecule has 9 heteroatoms. The van der Waals surface area contributed by atoms with E-state index in [1.54, 1.807) is 0 Å². The molecule has 2 rings (SSSR count). The Kier molecular flexibility index (Phi) is 3.94. The van der Waals surface area contributed by atoms with E-state index in [0.29, 0.717) is 5.89 Å². The largest absolute Gasteiger partial charge is 0.409 e. The summed E-state index contributed by atoms with van der Waals surface area (Å²) in [6.45, 7) is 0. The van der Waals surface area contributed by atoms with Crippen molar-refractivity contribution in [2.45, 2.75) is 0 Å². The summed E-state index contributed by atoms with van der Waals surface area (Å²) in [6, 6.07) is 5.47. The number of nitrogens with zero attached hydrogens (tertiary/aromatic N) is 1. The number of anilines is 1. The summed E-state index contributed by atoms with van der Waals surface area (Å²) in [5.74, 6) is 0.426. The first-order valence-electron chi connectivity index (χ1n) is 4.73. The van der Waals surface area contributed by atoms with Crippen LogP contribution in [0, 0.1) is 4.84 Å². The van der Waals surface area contributed by atoms with E-state index in [9.17, 15) is 0 Å². The highest BCUT2D eigenvalue weighted by Crippen LogP contribution is 2.27. The van der Waals surface area contributed by atoms with Gasteiger partial charge in [0.05, 0.1) is 5.69 Å². The molecule has 1 heterocycles. The SMILES string of the molecule is NC(=S)NNc1ccc(-c2n[nH]c(=S)o2)cc1Br. The maximum absolute atomic E-state index is 5.32. The van der Waals surface area contributed by atoms with E-state index in [1.807, 2.05) is 18.2 Å². The van der Waals surface area contributed by atoms with Gasteiger partial charge in [-0.2, -0.15) is 0 Å². The molecule has 0 spiro atoms. The molecule has 0 saturated carbocycles. The van der Waals surface area contributed by atoms with Crippen molar-refractivity contribution >= 4 is 51.2 Å². The number of H-pyrrole nitrogens is 1. The molecule has 5 N–H and O–H groups in total. The molecule has 0 fully saturated rings. The highest BCUT2D eigenvalue weighted by Gasteiger charge is 2.07. The van der Waals surface area contributed by atoms with Crippen LogP contribution in [0.5, 0.6) is 0 Å². The molecular formula is C9H8BrN5OS2. The second-order valence-corrected chi connectivity index (χ2v) is 4.89. The van der Waals surface area contributed by atoms with Gasteiger partial charge in [0.15, 0.2) is 5.11 Å². The molecule has 6 nitrogen and oxygen atoms in total. The zero-order valence-electron chi connectivity index (χ0n) is 8.86. The van der Waals surface area contributed by atoms with Crippen molar-refractivity contribution in [3.63, 3.8) is 0 Å². The third kappa shape index (κ3) is 3.06. The number of halogens is 1. The Balaban J connectivity index is 2.24. The monoisotopic (exact) mass is 345 g/mol. The second kappa shape index (κ2) is 5.46. The molecule has 18 heavy (non-hydrogen) atoms. The van der Waals surface area contributed by atoms with E-state index in [2.05, 4.69) is 37.0 Å². The van der Waals surface area contributed by atoms with Crippen LogP contribution < -0.4 is 16.6 Å². The van der Waals surface area contributed by atoms with Gasteiger partial charge in [0.25, 0.3) is 4.84 Å². The normalized spacial score (nSPS) is 10.1. The fourth-order valence-electron chi connectivity index (χ4n) is 1.23. The number of nitrogens with two attached hydrogens (primary N) is 1. The molecule has 2 aromatic rings. The molecule has 0 radical (unpaired) electrons. The molecule has 0 unspecified atom stereocenters. The zero-order valence-corrected chi connectivity index (χ0v) is 12.1. The number of thiocarbonyl (C=S) groups is 1. The molecule has 0 saturated heterocycles. The van der Waals surface area contributed by atoms with Gasteiger partial charge >= 0.3 is 0 Å². The lowest BCUT2D eigenvalue weighted by Crippen LogP contribution is -2.34. The number of hydrogen-bond donors (Lipinski definition) is 4. The molecule has 94 valence electrons. The van der Waals surface area contributed by atoms with Crippen molar-refractivity contribution in [3.05, 3.63) is 27.5 Å². The predicted molar refractivity (Wildman–Crippen MR) is 78.4 cm³/mol. The highest BCUT2D eigenvalue weighted by molar-refractivity contribution is 9.10. The van der Waals surface area contributed by atoms with Gasteiger partial charge in [-0.25, -0.2) is 5.10 Å². The number of hydrazine groups is 1. The van der Waals surface area contributed by atoms with E-state index in [1.165, 1.54) is 0 Å². The van der Waals surface area contributed by atoms with Gasteiger partial charge in [-0.3, -0.25) is 10.9 Å². The Morgan fingerprint density at radius 1 is 1.50 bits per heavy atom. The van der Waals surface area contributed by atoms with Gasteiger partial charge in [-0.1, -0.05) is 0 Å². The van der Waals surface area contributed by atoms with Crippen LogP contribution in [-0.4, -0.2) is 15.3 Å². The second-order valence-electron chi connectivity index (χ2n) is 3.23. The maximum Gasteiger partial charge on any atom is 0.284 e. The Labute approximate surface area is 121 Å². The molecule has 0 aliphatic rings. The summed E-state index contributed by atoms with van der Waals surface area (Å²) >= 11 is 12.9. The summed E-state index contributed by atoms with van der Waals surface area (Å²) < 4.78 is 6.01. The van der Waals surface area contributed by atoms with E-state index in [4.69, 9.17) is 34.6 Å². The average Bonchev–Trinajstić information content (AvgIpc) is 2.74. The van der Waals surface area contributed by atoms with Gasteiger partial charge in [-0.05, 0) is 58.6 Å². The number of rotatable bonds is 3. The lowest BCUT2D eigenvalue weighted by molar-refractivity contribution is 0.552. The summed E-state index contributed by atoms with van der Waals surface area (Å²) in [7, 11) is 0. The van der Waals surface area contributed by atoms with Gasteiger partial charge in [0, 0.05) is 10.0 Å². The van der Waals surface area contributed by atoms with Gasteiger partial charge in [0.1, 0.15) is 0 Å². The van der Waals surface area contributed by atoms with Crippen LogP contribution in [0.25, 0.3) is 11.5 Å². The first-order valence-corrected chi connectivity index (χ1v) is 6.34. The quantitative estimate of drug-likeness (QED) is 0.501. The van der Waals surface area contributed by atoms with Crippen molar-refractivity contribution in [2.75, 3.05) is 5.43 Å². The van der Waals surface area contributed by atoms with Crippen molar-refractivity contribution in [3.8, 4) is 11.5 Å². The van der Waals surface area contributed by atoms with Crippen LogP contribution >= 0.6 is 40.4 Å². The molecule has 0 bridgehead atoms. The molecule has 0 aliphatic heterocycles. The van der Waals surface area contributed by atoms with Gasteiger partial charge < -0.3 is 10.2 Å². The number of nitrogens with one attached hydrogen (secondary N) is 3. The Morgan fingerprint density at radius 2 is 2.28 bits per heavy atom. The zero-order chi connectivity index (χ0) is 13.1. The fraction of sp³-hybridized carbons (Fsp3) is 0. The van der Waals surface area contributed by atoms with Crippen molar-refractivity contribution < 1.29 is 4.42 Å². The first kappa shape index (κ1) is 13.0. The van der Waals surface area contributed by atoms with Crippen LogP contribution in [0.4, 0.5) is 5.69 Å². The van der Waals surface area contributed by atoms with Crippen molar-refractivity contribution in [1.82, 2.24) is 15.6 Å². The minimum Gasteiger partial charge on any atom is -0.409 e. The fourth-order valence-corrected chi connectivity index (χ4v) is 1.89. The smallest absolute Gasteiger partial charge is 0.284 e. The molecule has 1 aromatic heterocycles. The Morgan fingerprint density at radius 3 is 2.83 bits per heavy atom. The Bertz CT molecular complexity index is 638. The molecule has 0 amide bonds. The standard InChI is InChI=1S/C9H8BrN5OS2/c10-5-3-4(7-13-15-9(18)16-7)1-2-6(5)12-14-8(11)17/h1-3,12H,(H,15,18)(H3,11,14,17). The molecule has 0 aliphatic carbocycles. The lowest BCUT2D eigenvalue weighted by atomic mass is 10.2. The topological polar surface area (TPSA) is 91.9 Å². The summed E-state index contributed by atoms with van der Waals surface area (Å²) in [5, 5.41) is 6.66. The average molecular weight is 346 g/mol. The number of benzene rings is 1. The molecular weight excluding hydrogens is 338 g/mol. The molecule has 0 atom stereocenters. The highest BCUT2D eigenvalue weighted by atomic mass is 79.9. The van der Waals surface area contributed by atoms with Crippen LogP contribution in [0.3, 0.4) is 0 Å². The third-order valence-electron chi connectivity index (χ3n) is 1.97. The van der Waals surface area contributed by atoms with E-state index in [-0.39, 0.29) is 9.95 Å². The van der Waals surface area contributed by atoms with Crippen molar-refractivity contribution in [2.24, 2.45) is 5.73 Å². The summed E-state index contributed by atoms with van der Waals surface area (Å²) in [4.78, 5) is 0.235. The number of aromatic amines is 1. The first-order chi connectivity index (χ1) is 8.56. The minimum atomic E-state index is 0.157. The lowest BCUT2D eigenvalue weighted by Gasteiger charge is -2.09. The van der Waals surface area contributed by atoms with Crippen LogP contribution in [0.2, 0.25) is 0 Å². The maximum atomic E-state index is 5.32. The summed E-state index contributed by atoms with van der Waals surface area (Å²) in [6.07, 6.45) is 0. The minimum absolute atomic E-state index is 0.157. The number of aromatic nitrogens is 2. The van der Waals surface area contributed by atoms with Crippen LogP contribution in [-0.2, 0) is 0 Å². The molecule has 1 aromatic carbocycles. The Hall–Kier alpha value is -1.45. The van der Waals surface area contributed by atoms with E-state index >= 15 is 0 Å². The third-order valence-corrected chi connectivity index (χ3v) is 2.91. The van der Waals surface area contributed by atoms with E-state index in [0.717, 1.165) is 15.7 Å². The van der Waals surface area contributed by atoms with Crippen LogP contribution in [0.1, 0.15) is 0 Å². The van der Waals surface area contributed by atoms with Crippen LogP contribution in [0.15, 0.2) is 27.1 Å². The predicted octanol–water partition coefficient (Wildman–Crippen LogP) is 2.32. The van der Waals surface area contributed by atoms with Gasteiger partial charge in [-0.15, -0.1) is 5.10 Å².